The molecule has 1 saturated heterocycles. The lowest BCUT2D eigenvalue weighted by Gasteiger charge is -2.38. The molecule has 4 rings (SSSR count). The summed E-state index contributed by atoms with van der Waals surface area (Å²) in [6, 6.07) is 9.97. The maximum absolute atomic E-state index is 5.97. The maximum Gasteiger partial charge on any atom is 0.147 e. The molecule has 3 heterocycles. The summed E-state index contributed by atoms with van der Waals surface area (Å²) < 4.78 is 6.39. The molecule has 0 spiro atoms. The molecule has 2 aromatic heterocycles. The fraction of sp³-hybridized carbons (Fsp3) is 0.294. The Labute approximate surface area is 143 Å². The van der Waals surface area contributed by atoms with E-state index in [2.05, 4.69) is 28.3 Å². The van der Waals surface area contributed by atoms with E-state index in [0.29, 0.717) is 0 Å². The molecule has 118 valence electrons. The standard InChI is InChI=1S/C17H16ClN3OS/c1-17(8-22-9-17)7-19-16-15-13(20-10-21-16)6-14(23-15)11-2-4-12(18)5-3-11/h2-6,10H,7-9H2,1H3,(H,19,20,21). The minimum Gasteiger partial charge on any atom is -0.380 e. The number of aromatic nitrogens is 2. The van der Waals surface area contributed by atoms with Gasteiger partial charge in [-0.2, -0.15) is 0 Å². The molecule has 0 aliphatic carbocycles. The third kappa shape index (κ3) is 2.92. The van der Waals surface area contributed by atoms with Crippen molar-refractivity contribution in [2.24, 2.45) is 5.41 Å². The average Bonchev–Trinajstić information content (AvgIpc) is 2.96. The van der Waals surface area contributed by atoms with Crippen molar-refractivity contribution < 1.29 is 4.74 Å². The monoisotopic (exact) mass is 345 g/mol. The van der Waals surface area contributed by atoms with Gasteiger partial charge in [-0.1, -0.05) is 30.7 Å². The van der Waals surface area contributed by atoms with Gasteiger partial charge in [0.15, 0.2) is 0 Å². The molecule has 3 aromatic rings. The van der Waals surface area contributed by atoms with E-state index in [4.69, 9.17) is 16.3 Å². The highest BCUT2D eigenvalue weighted by Crippen LogP contribution is 2.36. The van der Waals surface area contributed by atoms with E-state index < -0.39 is 0 Å². The Bertz CT molecular complexity index is 843. The lowest BCUT2D eigenvalue weighted by Crippen LogP contribution is -2.45. The molecule has 1 aromatic carbocycles. The van der Waals surface area contributed by atoms with E-state index in [9.17, 15) is 0 Å². The first kappa shape index (κ1) is 14.9. The molecule has 0 unspecified atom stereocenters. The zero-order valence-corrected chi connectivity index (χ0v) is 14.2. The van der Waals surface area contributed by atoms with Crippen molar-refractivity contribution >= 4 is 39.0 Å². The first-order valence-electron chi connectivity index (χ1n) is 7.45. The van der Waals surface area contributed by atoms with Crippen molar-refractivity contribution in [3.8, 4) is 10.4 Å². The van der Waals surface area contributed by atoms with Crippen molar-refractivity contribution in [1.82, 2.24) is 9.97 Å². The minimum absolute atomic E-state index is 0.202. The molecule has 1 fully saturated rings. The number of hydrogen-bond donors (Lipinski definition) is 1. The van der Waals surface area contributed by atoms with Crippen molar-refractivity contribution in [2.75, 3.05) is 25.1 Å². The van der Waals surface area contributed by atoms with Crippen LogP contribution in [0.1, 0.15) is 6.92 Å². The van der Waals surface area contributed by atoms with Crippen LogP contribution >= 0.6 is 22.9 Å². The second-order valence-electron chi connectivity index (χ2n) is 6.21. The average molecular weight is 346 g/mol. The molecule has 0 bridgehead atoms. The Hall–Kier alpha value is -1.69. The van der Waals surface area contributed by atoms with Gasteiger partial charge in [-0.05, 0) is 23.8 Å². The van der Waals surface area contributed by atoms with Crippen LogP contribution < -0.4 is 5.32 Å². The highest BCUT2D eigenvalue weighted by atomic mass is 35.5. The topological polar surface area (TPSA) is 47.0 Å². The van der Waals surface area contributed by atoms with E-state index in [1.807, 2.05) is 24.3 Å². The van der Waals surface area contributed by atoms with Gasteiger partial charge in [0.25, 0.3) is 0 Å². The summed E-state index contributed by atoms with van der Waals surface area (Å²) in [6.45, 7) is 4.67. The molecular formula is C17H16ClN3OS. The Kier molecular flexibility index (Phi) is 3.71. The molecular weight excluding hydrogens is 330 g/mol. The Morgan fingerprint density at radius 1 is 1.26 bits per heavy atom. The van der Waals surface area contributed by atoms with Gasteiger partial charge in [-0.25, -0.2) is 9.97 Å². The fourth-order valence-electron chi connectivity index (χ4n) is 2.59. The number of ether oxygens (including phenoxy) is 1. The molecule has 4 nitrogen and oxygen atoms in total. The highest BCUT2D eigenvalue weighted by molar-refractivity contribution is 7.22. The molecule has 0 atom stereocenters. The summed E-state index contributed by atoms with van der Waals surface area (Å²) in [6.07, 6.45) is 1.61. The first-order chi connectivity index (χ1) is 11.1. The SMILES string of the molecule is CC1(CNc2ncnc3cc(-c4ccc(Cl)cc4)sc23)COC1. The van der Waals surface area contributed by atoms with E-state index in [1.165, 1.54) is 4.88 Å². The quantitative estimate of drug-likeness (QED) is 0.758. The molecule has 0 radical (unpaired) electrons. The minimum atomic E-state index is 0.202. The van der Waals surface area contributed by atoms with E-state index in [1.54, 1.807) is 17.7 Å². The largest absolute Gasteiger partial charge is 0.380 e. The zero-order chi connectivity index (χ0) is 15.9. The lowest BCUT2D eigenvalue weighted by molar-refractivity contribution is -0.0924. The van der Waals surface area contributed by atoms with Gasteiger partial charge in [0.05, 0.1) is 23.4 Å². The number of hydrogen-bond acceptors (Lipinski definition) is 5. The van der Waals surface area contributed by atoms with Crippen LogP contribution in [0.4, 0.5) is 5.82 Å². The molecule has 1 aliphatic heterocycles. The number of nitrogens with zero attached hydrogens (tertiary/aromatic N) is 2. The van der Waals surface area contributed by atoms with Gasteiger partial charge >= 0.3 is 0 Å². The molecule has 23 heavy (non-hydrogen) atoms. The number of rotatable bonds is 4. The summed E-state index contributed by atoms with van der Waals surface area (Å²) in [5, 5.41) is 4.21. The number of anilines is 1. The lowest BCUT2D eigenvalue weighted by atomic mass is 9.89. The summed E-state index contributed by atoms with van der Waals surface area (Å²) >= 11 is 7.66. The number of halogens is 1. The smallest absolute Gasteiger partial charge is 0.147 e. The zero-order valence-electron chi connectivity index (χ0n) is 12.7. The summed E-state index contributed by atoms with van der Waals surface area (Å²) in [5.74, 6) is 0.897. The summed E-state index contributed by atoms with van der Waals surface area (Å²) in [7, 11) is 0. The van der Waals surface area contributed by atoms with Crippen LogP contribution in [0.15, 0.2) is 36.7 Å². The third-order valence-electron chi connectivity index (χ3n) is 4.02. The van der Waals surface area contributed by atoms with Crippen molar-refractivity contribution in [1.29, 1.82) is 0 Å². The van der Waals surface area contributed by atoms with Gasteiger partial charge < -0.3 is 10.1 Å². The van der Waals surface area contributed by atoms with Crippen LogP contribution in [-0.2, 0) is 4.74 Å². The van der Waals surface area contributed by atoms with Gasteiger partial charge in [-0.3, -0.25) is 0 Å². The van der Waals surface area contributed by atoms with Crippen LogP contribution in [0.2, 0.25) is 5.02 Å². The van der Waals surface area contributed by atoms with Crippen LogP contribution in [0.3, 0.4) is 0 Å². The van der Waals surface area contributed by atoms with Crippen LogP contribution in [0.25, 0.3) is 20.7 Å². The van der Waals surface area contributed by atoms with Crippen molar-refractivity contribution in [2.45, 2.75) is 6.92 Å². The molecule has 0 amide bonds. The van der Waals surface area contributed by atoms with Crippen LogP contribution in [-0.4, -0.2) is 29.7 Å². The van der Waals surface area contributed by atoms with E-state index in [-0.39, 0.29) is 5.41 Å². The Morgan fingerprint density at radius 3 is 2.74 bits per heavy atom. The van der Waals surface area contributed by atoms with Gasteiger partial charge in [-0.15, -0.1) is 11.3 Å². The van der Waals surface area contributed by atoms with Crippen molar-refractivity contribution in [3.63, 3.8) is 0 Å². The molecule has 1 N–H and O–H groups in total. The predicted molar refractivity (Wildman–Crippen MR) is 95.3 cm³/mol. The van der Waals surface area contributed by atoms with E-state index in [0.717, 1.165) is 46.4 Å². The normalized spacial score (nSPS) is 16.3. The Balaban J connectivity index is 1.65. The molecule has 1 aliphatic rings. The summed E-state index contributed by atoms with van der Waals surface area (Å²) in [4.78, 5) is 9.97. The second-order valence-corrected chi connectivity index (χ2v) is 7.70. The third-order valence-corrected chi connectivity index (χ3v) is 5.46. The van der Waals surface area contributed by atoms with Crippen molar-refractivity contribution in [3.05, 3.63) is 41.7 Å². The van der Waals surface area contributed by atoms with E-state index >= 15 is 0 Å². The first-order valence-corrected chi connectivity index (χ1v) is 8.65. The molecule has 6 heteroatoms. The van der Waals surface area contributed by atoms with Gasteiger partial charge in [0.1, 0.15) is 12.1 Å². The second kappa shape index (κ2) is 5.74. The fourth-order valence-corrected chi connectivity index (χ4v) is 3.79. The van der Waals surface area contributed by atoms with Gasteiger partial charge in [0.2, 0.25) is 0 Å². The predicted octanol–water partition coefficient (Wildman–Crippen LogP) is 4.46. The van der Waals surface area contributed by atoms with Crippen LogP contribution in [0.5, 0.6) is 0 Å². The number of benzene rings is 1. The number of thiophene rings is 1. The molecule has 0 saturated carbocycles. The highest BCUT2D eigenvalue weighted by Gasteiger charge is 2.33. The van der Waals surface area contributed by atoms with Crippen LogP contribution in [0, 0.1) is 5.41 Å². The Morgan fingerprint density at radius 2 is 2.04 bits per heavy atom. The maximum atomic E-state index is 5.97. The summed E-state index contributed by atoms with van der Waals surface area (Å²) in [5.41, 5.74) is 2.31. The number of fused-ring (bicyclic) bond motifs is 1. The number of nitrogens with one attached hydrogen (secondary N) is 1. The van der Waals surface area contributed by atoms with Gasteiger partial charge in [0, 0.05) is 21.9 Å².